The van der Waals surface area contributed by atoms with Crippen LogP contribution in [0.2, 0.25) is 0 Å². The molecule has 2 heterocycles. The lowest BCUT2D eigenvalue weighted by atomic mass is 9.89. The molecule has 3 nitrogen and oxygen atoms in total. The first-order chi connectivity index (χ1) is 8.25. The Labute approximate surface area is 105 Å². The van der Waals surface area contributed by atoms with E-state index in [-0.39, 0.29) is 6.10 Å². The van der Waals surface area contributed by atoms with Crippen LogP contribution in [0, 0.1) is 0 Å². The van der Waals surface area contributed by atoms with E-state index in [0.29, 0.717) is 12.1 Å². The third kappa shape index (κ3) is 2.25. The van der Waals surface area contributed by atoms with Crippen molar-refractivity contribution < 1.29 is 5.11 Å². The first-order valence-corrected chi connectivity index (χ1v) is 7.43. The summed E-state index contributed by atoms with van der Waals surface area (Å²) in [5.74, 6) is 0. The van der Waals surface area contributed by atoms with Crippen LogP contribution < -0.4 is 0 Å². The Morgan fingerprint density at radius 3 is 2.65 bits per heavy atom. The van der Waals surface area contributed by atoms with Gasteiger partial charge in [0.2, 0.25) is 0 Å². The summed E-state index contributed by atoms with van der Waals surface area (Å²) < 4.78 is 0. The molecule has 3 aliphatic rings. The van der Waals surface area contributed by atoms with Gasteiger partial charge in [-0.15, -0.1) is 0 Å². The van der Waals surface area contributed by atoms with Crippen molar-refractivity contribution in [2.24, 2.45) is 0 Å². The van der Waals surface area contributed by atoms with Crippen LogP contribution in [0.25, 0.3) is 0 Å². The van der Waals surface area contributed by atoms with Gasteiger partial charge in [0, 0.05) is 31.2 Å². The molecule has 3 rings (SSSR count). The number of piperazine rings is 1. The SMILES string of the molecule is CC1CN2CCCC2CN1C1CCCCC1O. The second kappa shape index (κ2) is 4.87. The third-order valence-corrected chi connectivity index (χ3v) is 5.11. The Hall–Kier alpha value is -0.120. The maximum Gasteiger partial charge on any atom is 0.0695 e. The molecule has 3 heteroatoms. The van der Waals surface area contributed by atoms with Gasteiger partial charge in [0.15, 0.2) is 0 Å². The number of rotatable bonds is 1. The van der Waals surface area contributed by atoms with Crippen molar-refractivity contribution in [2.45, 2.75) is 69.7 Å². The highest BCUT2D eigenvalue weighted by atomic mass is 16.3. The number of aliphatic hydroxyl groups is 1. The molecule has 98 valence electrons. The van der Waals surface area contributed by atoms with Crippen LogP contribution in [-0.4, -0.2) is 58.8 Å². The van der Waals surface area contributed by atoms with Crippen molar-refractivity contribution in [2.75, 3.05) is 19.6 Å². The normalized spacial score (nSPS) is 44.8. The molecule has 3 fully saturated rings. The summed E-state index contributed by atoms with van der Waals surface area (Å²) in [5.41, 5.74) is 0. The molecular formula is C14H26N2O. The van der Waals surface area contributed by atoms with Gasteiger partial charge in [-0.2, -0.15) is 0 Å². The van der Waals surface area contributed by atoms with E-state index in [9.17, 15) is 5.11 Å². The van der Waals surface area contributed by atoms with E-state index in [2.05, 4.69) is 16.7 Å². The van der Waals surface area contributed by atoms with Crippen LogP contribution in [0.3, 0.4) is 0 Å². The molecule has 1 aliphatic carbocycles. The number of aliphatic hydroxyl groups excluding tert-OH is 1. The molecule has 0 amide bonds. The molecule has 0 aromatic rings. The number of fused-ring (bicyclic) bond motifs is 1. The van der Waals surface area contributed by atoms with Crippen LogP contribution in [0.4, 0.5) is 0 Å². The molecule has 0 bridgehead atoms. The quantitative estimate of drug-likeness (QED) is 0.749. The maximum absolute atomic E-state index is 10.2. The van der Waals surface area contributed by atoms with Gasteiger partial charge in [0.05, 0.1) is 6.10 Å². The predicted molar refractivity (Wildman–Crippen MR) is 69.0 cm³/mol. The van der Waals surface area contributed by atoms with Gasteiger partial charge in [0.25, 0.3) is 0 Å². The molecule has 1 saturated carbocycles. The van der Waals surface area contributed by atoms with Gasteiger partial charge in [-0.1, -0.05) is 12.8 Å². The number of hydrogen-bond acceptors (Lipinski definition) is 3. The first kappa shape index (κ1) is 11.9. The van der Waals surface area contributed by atoms with Crippen molar-refractivity contribution in [1.29, 1.82) is 0 Å². The Balaban J connectivity index is 1.69. The molecule has 2 aliphatic heterocycles. The Kier molecular flexibility index (Phi) is 3.42. The number of nitrogens with zero attached hydrogens (tertiary/aromatic N) is 2. The summed E-state index contributed by atoms with van der Waals surface area (Å²) in [5, 5.41) is 10.2. The molecule has 0 aromatic carbocycles. The smallest absolute Gasteiger partial charge is 0.0695 e. The molecule has 0 spiro atoms. The fraction of sp³-hybridized carbons (Fsp3) is 1.00. The summed E-state index contributed by atoms with van der Waals surface area (Å²) >= 11 is 0. The van der Waals surface area contributed by atoms with E-state index < -0.39 is 0 Å². The van der Waals surface area contributed by atoms with Crippen molar-refractivity contribution in [3.8, 4) is 0 Å². The molecule has 17 heavy (non-hydrogen) atoms. The molecule has 1 N–H and O–H groups in total. The standard InChI is InChI=1S/C14H26N2O/c1-11-9-15-8-4-5-12(15)10-16(11)13-6-2-3-7-14(13)17/h11-14,17H,2-10H2,1H3. The van der Waals surface area contributed by atoms with Crippen LogP contribution in [0.15, 0.2) is 0 Å². The monoisotopic (exact) mass is 238 g/mol. The molecule has 2 saturated heterocycles. The topological polar surface area (TPSA) is 26.7 Å². The lowest BCUT2D eigenvalue weighted by Gasteiger charge is -2.48. The van der Waals surface area contributed by atoms with Gasteiger partial charge in [-0.05, 0) is 39.2 Å². The van der Waals surface area contributed by atoms with Crippen LogP contribution in [0.5, 0.6) is 0 Å². The van der Waals surface area contributed by atoms with E-state index in [1.54, 1.807) is 0 Å². The van der Waals surface area contributed by atoms with Crippen molar-refractivity contribution in [1.82, 2.24) is 9.80 Å². The van der Waals surface area contributed by atoms with Crippen molar-refractivity contribution in [3.05, 3.63) is 0 Å². The Bertz CT molecular complexity index is 271. The highest BCUT2D eigenvalue weighted by Crippen LogP contribution is 2.30. The first-order valence-electron chi connectivity index (χ1n) is 7.43. The van der Waals surface area contributed by atoms with Crippen LogP contribution in [0.1, 0.15) is 45.4 Å². The molecule has 4 atom stereocenters. The summed E-state index contributed by atoms with van der Waals surface area (Å²) in [7, 11) is 0. The summed E-state index contributed by atoms with van der Waals surface area (Å²) in [4.78, 5) is 5.28. The lowest BCUT2D eigenvalue weighted by Crippen LogP contribution is -2.60. The summed E-state index contributed by atoms with van der Waals surface area (Å²) in [6.45, 7) is 6.06. The van der Waals surface area contributed by atoms with E-state index in [4.69, 9.17) is 0 Å². The second-order valence-corrected chi connectivity index (χ2v) is 6.26. The average Bonchev–Trinajstić information content (AvgIpc) is 2.76. The Morgan fingerprint density at radius 2 is 1.82 bits per heavy atom. The van der Waals surface area contributed by atoms with Gasteiger partial charge < -0.3 is 5.11 Å². The van der Waals surface area contributed by atoms with E-state index in [1.165, 1.54) is 51.7 Å². The Morgan fingerprint density at radius 1 is 1.00 bits per heavy atom. The molecule has 4 unspecified atom stereocenters. The van der Waals surface area contributed by atoms with Gasteiger partial charge in [-0.3, -0.25) is 9.80 Å². The van der Waals surface area contributed by atoms with Crippen molar-refractivity contribution >= 4 is 0 Å². The highest BCUT2D eigenvalue weighted by molar-refractivity contribution is 4.95. The zero-order valence-electron chi connectivity index (χ0n) is 11.0. The molecule has 0 aromatic heterocycles. The fourth-order valence-corrected chi connectivity index (χ4v) is 4.15. The average molecular weight is 238 g/mol. The minimum absolute atomic E-state index is 0.0702. The fourth-order valence-electron chi connectivity index (χ4n) is 4.15. The second-order valence-electron chi connectivity index (χ2n) is 6.26. The minimum Gasteiger partial charge on any atom is -0.391 e. The highest BCUT2D eigenvalue weighted by Gasteiger charge is 2.39. The maximum atomic E-state index is 10.2. The largest absolute Gasteiger partial charge is 0.391 e. The molecule has 0 radical (unpaired) electrons. The number of hydrogen-bond donors (Lipinski definition) is 1. The van der Waals surface area contributed by atoms with E-state index in [0.717, 1.165) is 12.5 Å². The van der Waals surface area contributed by atoms with E-state index >= 15 is 0 Å². The van der Waals surface area contributed by atoms with Crippen LogP contribution >= 0.6 is 0 Å². The summed E-state index contributed by atoms with van der Waals surface area (Å²) in [6, 6.07) is 1.85. The van der Waals surface area contributed by atoms with Crippen LogP contribution in [-0.2, 0) is 0 Å². The minimum atomic E-state index is -0.0702. The lowest BCUT2D eigenvalue weighted by molar-refractivity contribution is -0.0392. The zero-order valence-corrected chi connectivity index (χ0v) is 11.0. The zero-order chi connectivity index (χ0) is 11.8. The predicted octanol–water partition coefficient (Wildman–Crippen LogP) is 1.46. The molecular weight excluding hydrogens is 212 g/mol. The van der Waals surface area contributed by atoms with Gasteiger partial charge in [0.1, 0.15) is 0 Å². The third-order valence-electron chi connectivity index (χ3n) is 5.11. The van der Waals surface area contributed by atoms with Gasteiger partial charge >= 0.3 is 0 Å². The summed E-state index contributed by atoms with van der Waals surface area (Å²) in [6.07, 6.45) is 7.42. The van der Waals surface area contributed by atoms with Crippen molar-refractivity contribution in [3.63, 3.8) is 0 Å². The van der Waals surface area contributed by atoms with E-state index in [1.807, 2.05) is 0 Å². The van der Waals surface area contributed by atoms with Gasteiger partial charge in [-0.25, -0.2) is 0 Å².